The lowest BCUT2D eigenvalue weighted by Gasteiger charge is -2.06. The molecule has 0 fully saturated rings. The molecule has 6 aromatic heterocycles. The molecule has 120 heavy (non-hydrogen) atoms. The Hall–Kier alpha value is -14.4. The van der Waals surface area contributed by atoms with Gasteiger partial charge in [-0.25, -0.2) is 0 Å². The molecule has 0 spiro atoms. The molecule has 0 amide bonds. The second-order valence-electron chi connectivity index (χ2n) is 30.8. The lowest BCUT2D eigenvalue weighted by atomic mass is 9.98. The lowest BCUT2D eigenvalue weighted by Crippen LogP contribution is -1.82. The van der Waals surface area contributed by atoms with E-state index in [9.17, 15) is 0 Å². The van der Waals surface area contributed by atoms with Crippen LogP contribution < -0.4 is 0 Å². The molecule has 0 saturated carbocycles. The molecule has 0 N–H and O–H groups in total. The largest absolute Gasteiger partial charge is 0.456 e. The second kappa shape index (κ2) is 33.3. The van der Waals surface area contributed by atoms with Crippen molar-refractivity contribution < 1.29 is 17.7 Å². The molecule has 6 heterocycles. The van der Waals surface area contributed by atoms with Crippen LogP contribution in [0.3, 0.4) is 0 Å². The maximum absolute atomic E-state index is 6.09. The van der Waals surface area contributed by atoms with E-state index >= 15 is 0 Å². The number of para-hydroxylation sites is 5. The summed E-state index contributed by atoms with van der Waals surface area (Å²) in [4.78, 5) is 0. The van der Waals surface area contributed by atoms with E-state index in [1.165, 1.54) is 178 Å². The highest BCUT2D eigenvalue weighted by Gasteiger charge is 2.19. The van der Waals surface area contributed by atoms with E-state index in [2.05, 4.69) is 375 Å². The van der Waals surface area contributed by atoms with Crippen LogP contribution in [0.15, 0.2) is 418 Å². The molecule has 0 bridgehead atoms. The zero-order chi connectivity index (χ0) is 81.2. The Balaban J connectivity index is 0.0000000952. The van der Waals surface area contributed by atoms with Gasteiger partial charge in [-0.1, -0.05) is 362 Å². The molecule has 4 nitrogen and oxygen atoms in total. The first kappa shape index (κ1) is 75.6. The van der Waals surface area contributed by atoms with Crippen molar-refractivity contribution in [2.24, 2.45) is 0 Å². The van der Waals surface area contributed by atoms with Gasteiger partial charge in [-0.3, -0.25) is 0 Å². The third-order valence-corrected chi connectivity index (χ3v) is 25.0. The molecule has 0 unspecified atom stereocenters. The number of fused-ring (bicyclic) bond motifs is 18. The van der Waals surface area contributed by atoms with E-state index in [-0.39, 0.29) is 0 Å². The Kier molecular flexibility index (Phi) is 21.0. The first-order valence-electron chi connectivity index (χ1n) is 40.8. The summed E-state index contributed by atoms with van der Waals surface area (Å²) in [5, 5.41) is 15.0. The standard InChI is InChI=1S/4C19H14O.2C19H14S/c1-13-6-4-7-14(12-13)15-9-5-11-18-19(15)16-8-2-3-10-17(16)20-18;1-13-7-2-3-8-14(13)16-10-6-11-17-15-9-4-5-12-18(15)20-19(16)17;1-13-9-11-14(12-10-13)15-6-4-8-18-19(15)16-5-2-3-7-17(16)20-18;1-13-11-12-15(14-7-3-2-4-8-14)18-16-9-5-6-10-17(16)20-19(13)18;1-13-5-4-6-14(11-13)15-9-10-19-17(12-15)16-7-2-3-8-18(16)20-19;1-13-9-11-14(12-10-13)15-6-4-7-17-16-5-2-3-8-18(16)20-19(15)17/h6*2-12H,1H3. The fraction of sp³-hybridized carbons (Fsp3) is 0.0526. The first-order chi connectivity index (χ1) is 59.0. The van der Waals surface area contributed by atoms with E-state index < -0.39 is 0 Å². The Morgan fingerprint density at radius 2 is 0.558 bits per heavy atom. The van der Waals surface area contributed by atoms with Gasteiger partial charge in [0.2, 0.25) is 0 Å². The average Bonchev–Trinajstić information content (AvgIpc) is 1.63. The Labute approximate surface area is 705 Å². The summed E-state index contributed by atoms with van der Waals surface area (Å²) in [5.74, 6) is 0. The SMILES string of the molecule is Cc1ccc(-c2cccc3c2sc2ccccc23)cc1.Cc1ccc(-c2cccc3oc4ccccc4c23)cc1.Cc1ccc(-c2ccccc2)c2c1oc1ccccc12.Cc1cccc(-c2ccc3sc4ccccc4c3c2)c1.Cc1cccc(-c2cccc3oc4ccccc4c23)c1.Cc1ccccc1-c1cccc2c1oc1ccccc12. The van der Waals surface area contributed by atoms with Gasteiger partial charge in [0.1, 0.15) is 44.7 Å². The molecular formula is C114H84O4S2. The summed E-state index contributed by atoms with van der Waals surface area (Å²) in [6.45, 7) is 12.7. The zero-order valence-electron chi connectivity index (χ0n) is 67.6. The topological polar surface area (TPSA) is 52.6 Å². The quantitative estimate of drug-likeness (QED) is 0.166. The van der Waals surface area contributed by atoms with Gasteiger partial charge in [0.05, 0.1) is 0 Å². The molecule has 0 radical (unpaired) electrons. The summed E-state index contributed by atoms with van der Waals surface area (Å²) >= 11 is 3.76. The highest BCUT2D eigenvalue weighted by molar-refractivity contribution is 7.26. The minimum Gasteiger partial charge on any atom is -0.456 e. The number of hydrogen-bond acceptors (Lipinski definition) is 6. The van der Waals surface area contributed by atoms with Crippen LogP contribution >= 0.6 is 22.7 Å². The van der Waals surface area contributed by atoms with E-state index in [1.807, 2.05) is 89.4 Å². The Morgan fingerprint density at radius 1 is 0.175 bits per heavy atom. The van der Waals surface area contributed by atoms with E-state index in [0.29, 0.717) is 0 Å². The molecule has 0 aliphatic heterocycles. The molecule has 18 aromatic carbocycles. The predicted molar refractivity (Wildman–Crippen MR) is 515 cm³/mol. The fourth-order valence-corrected chi connectivity index (χ4v) is 19.0. The number of furan rings is 4. The molecule has 24 rings (SSSR count). The molecule has 24 aromatic rings. The van der Waals surface area contributed by atoms with Crippen molar-refractivity contribution in [3.8, 4) is 66.8 Å². The van der Waals surface area contributed by atoms with E-state index in [1.54, 1.807) is 0 Å². The van der Waals surface area contributed by atoms with Gasteiger partial charge < -0.3 is 17.7 Å². The van der Waals surface area contributed by atoms with Crippen LogP contribution in [0.4, 0.5) is 0 Å². The second-order valence-corrected chi connectivity index (χ2v) is 32.9. The minimum atomic E-state index is 0.946. The maximum atomic E-state index is 6.09. The lowest BCUT2D eigenvalue weighted by molar-refractivity contribution is 0.666. The molecule has 0 atom stereocenters. The Morgan fingerprint density at radius 3 is 1.18 bits per heavy atom. The third-order valence-electron chi connectivity index (χ3n) is 22.6. The molecular weight excluding hydrogens is 1500 g/mol. The summed E-state index contributed by atoms with van der Waals surface area (Å²) in [6.07, 6.45) is 0. The number of aryl methyl sites for hydroxylation is 6. The van der Waals surface area contributed by atoms with Gasteiger partial charge >= 0.3 is 0 Å². The van der Waals surface area contributed by atoms with Gasteiger partial charge in [-0.2, -0.15) is 0 Å². The van der Waals surface area contributed by atoms with Gasteiger partial charge in [0, 0.05) is 89.0 Å². The first-order valence-corrected chi connectivity index (χ1v) is 42.4. The van der Waals surface area contributed by atoms with Crippen molar-refractivity contribution in [3.05, 3.63) is 434 Å². The van der Waals surface area contributed by atoms with Crippen molar-refractivity contribution in [3.63, 3.8) is 0 Å². The van der Waals surface area contributed by atoms with E-state index in [4.69, 9.17) is 17.7 Å². The van der Waals surface area contributed by atoms with Crippen LogP contribution in [-0.4, -0.2) is 0 Å². The predicted octanol–water partition coefficient (Wildman–Crippen LogP) is 34.3. The number of thiophene rings is 2. The highest BCUT2D eigenvalue weighted by Crippen LogP contribution is 2.45. The molecule has 0 saturated heterocycles. The van der Waals surface area contributed by atoms with Crippen LogP contribution in [-0.2, 0) is 0 Å². The summed E-state index contributed by atoms with van der Waals surface area (Å²) in [5.41, 5.74) is 30.3. The van der Waals surface area contributed by atoms with E-state index in [0.717, 1.165) is 50.2 Å². The van der Waals surface area contributed by atoms with Gasteiger partial charge in [-0.15, -0.1) is 22.7 Å². The van der Waals surface area contributed by atoms with Crippen molar-refractivity contribution >= 4 is 151 Å². The molecule has 6 heteroatoms. The summed E-state index contributed by atoms with van der Waals surface area (Å²) in [7, 11) is 0. The van der Waals surface area contributed by atoms with Crippen molar-refractivity contribution in [1.82, 2.24) is 0 Å². The van der Waals surface area contributed by atoms with Gasteiger partial charge in [-0.05, 0) is 175 Å². The smallest absolute Gasteiger partial charge is 0.143 e. The number of hydrogen-bond donors (Lipinski definition) is 0. The van der Waals surface area contributed by atoms with Crippen molar-refractivity contribution in [2.75, 3.05) is 0 Å². The fourth-order valence-electron chi connectivity index (χ4n) is 16.7. The maximum Gasteiger partial charge on any atom is 0.143 e. The monoisotopic (exact) mass is 1580 g/mol. The molecule has 0 aliphatic rings. The zero-order valence-corrected chi connectivity index (χ0v) is 69.2. The third kappa shape index (κ3) is 15.1. The average molecular weight is 1580 g/mol. The minimum absolute atomic E-state index is 0.946. The normalized spacial score (nSPS) is 11.2. The molecule has 576 valence electrons. The van der Waals surface area contributed by atoms with Crippen LogP contribution in [0.25, 0.3) is 195 Å². The van der Waals surface area contributed by atoms with Gasteiger partial charge in [0.25, 0.3) is 0 Å². The summed E-state index contributed by atoms with van der Waals surface area (Å²) < 4.78 is 29.5. The summed E-state index contributed by atoms with van der Waals surface area (Å²) in [6, 6.07) is 140. The van der Waals surface area contributed by atoms with Crippen LogP contribution in [0.2, 0.25) is 0 Å². The number of benzene rings is 18. The van der Waals surface area contributed by atoms with Crippen molar-refractivity contribution in [1.29, 1.82) is 0 Å². The highest BCUT2D eigenvalue weighted by atomic mass is 32.1. The van der Waals surface area contributed by atoms with Crippen LogP contribution in [0.1, 0.15) is 33.4 Å². The number of rotatable bonds is 6. The van der Waals surface area contributed by atoms with Gasteiger partial charge in [0.15, 0.2) is 0 Å². The van der Waals surface area contributed by atoms with Crippen LogP contribution in [0.5, 0.6) is 0 Å². The Bertz CT molecular complexity index is 7850. The van der Waals surface area contributed by atoms with Crippen LogP contribution in [0, 0.1) is 41.5 Å². The van der Waals surface area contributed by atoms with Crippen molar-refractivity contribution in [2.45, 2.75) is 41.5 Å². The molecule has 0 aliphatic carbocycles.